The SMILES string of the molecule is O=C(O)CCC(NP(=O)(O)OCCC(NC(=O)CC[C@H](NC(=O)c1ccc(Cl)c([18F])n1)C(=O)O)C(=O)O)C(=O)O. The molecule has 17 nitrogen and oxygen atoms in total. The number of rotatable bonds is 18. The molecule has 2 amide bonds. The number of nitrogens with zero attached hydrogens (tertiary/aromatic N) is 1. The van der Waals surface area contributed by atoms with E-state index in [0.717, 1.165) is 12.1 Å². The Kier molecular flexibility index (Phi) is 13.5. The Morgan fingerprint density at radius 2 is 1.45 bits per heavy atom. The van der Waals surface area contributed by atoms with E-state index in [4.69, 9.17) is 21.8 Å². The lowest BCUT2D eigenvalue weighted by molar-refractivity contribution is -0.143. The van der Waals surface area contributed by atoms with Gasteiger partial charge in [-0.1, -0.05) is 11.6 Å². The van der Waals surface area contributed by atoms with Crippen LogP contribution in [0.3, 0.4) is 0 Å². The fourth-order valence-corrected chi connectivity index (χ4v) is 4.04. The molecule has 0 saturated heterocycles. The fourth-order valence-electron chi connectivity index (χ4n) is 2.87. The number of pyridine rings is 1. The van der Waals surface area contributed by atoms with Gasteiger partial charge >= 0.3 is 31.6 Å². The number of nitrogens with one attached hydrogen (secondary N) is 3. The van der Waals surface area contributed by atoms with Crippen LogP contribution in [0.5, 0.6) is 0 Å². The third kappa shape index (κ3) is 12.4. The van der Waals surface area contributed by atoms with Crippen LogP contribution in [-0.4, -0.2) is 90.7 Å². The number of halogens is 2. The molecule has 20 heteroatoms. The monoisotopic (exact) mass is 613 g/mol. The molecule has 0 fully saturated rings. The summed E-state index contributed by atoms with van der Waals surface area (Å²) in [4.78, 5) is 82.1. The van der Waals surface area contributed by atoms with E-state index in [1.165, 1.54) is 0 Å². The van der Waals surface area contributed by atoms with E-state index >= 15 is 0 Å². The van der Waals surface area contributed by atoms with Gasteiger partial charge in [0.2, 0.25) is 11.9 Å². The largest absolute Gasteiger partial charge is 0.481 e. The number of amides is 2. The van der Waals surface area contributed by atoms with E-state index in [9.17, 15) is 52.8 Å². The molecule has 1 rings (SSSR count). The second kappa shape index (κ2) is 15.8. The molecule has 0 bridgehead atoms. The van der Waals surface area contributed by atoms with Crippen molar-refractivity contribution in [2.75, 3.05) is 6.61 Å². The quantitative estimate of drug-likeness (QED) is 0.0787. The highest BCUT2D eigenvalue weighted by Gasteiger charge is 2.30. The van der Waals surface area contributed by atoms with E-state index in [2.05, 4.69) is 9.51 Å². The fraction of sp³-hybridized carbons (Fsp3) is 0.450. The maximum atomic E-state index is 13.4. The normalized spacial score (nSPS) is 14.7. The first-order chi connectivity index (χ1) is 18.5. The molecule has 0 spiro atoms. The van der Waals surface area contributed by atoms with Gasteiger partial charge in [0.15, 0.2) is 0 Å². The average molecular weight is 614 g/mol. The number of aliphatic carboxylic acids is 4. The molecule has 4 atom stereocenters. The van der Waals surface area contributed by atoms with Gasteiger partial charge in [-0.15, -0.1) is 0 Å². The van der Waals surface area contributed by atoms with Crippen LogP contribution in [0, 0.1) is 5.95 Å². The zero-order valence-corrected chi connectivity index (χ0v) is 21.9. The van der Waals surface area contributed by atoms with Crippen LogP contribution >= 0.6 is 19.3 Å². The first-order valence-corrected chi connectivity index (χ1v) is 13.1. The molecule has 0 radical (unpaired) electrons. The number of carboxylic acids is 4. The van der Waals surface area contributed by atoms with Gasteiger partial charge in [0.1, 0.15) is 23.8 Å². The van der Waals surface area contributed by atoms with Crippen molar-refractivity contribution >= 4 is 55.0 Å². The summed E-state index contributed by atoms with van der Waals surface area (Å²) in [5.74, 6) is -9.38. The first kappa shape index (κ1) is 34.3. The maximum absolute atomic E-state index is 13.4. The molecule has 0 saturated carbocycles. The van der Waals surface area contributed by atoms with Gasteiger partial charge in [-0.2, -0.15) is 4.39 Å². The zero-order valence-electron chi connectivity index (χ0n) is 20.3. The summed E-state index contributed by atoms with van der Waals surface area (Å²) < 4.78 is 30.1. The number of carbonyl (C=O) groups is 6. The van der Waals surface area contributed by atoms with Gasteiger partial charge in [0.05, 0.1) is 11.6 Å². The Morgan fingerprint density at radius 3 is 1.98 bits per heavy atom. The second-order valence-electron chi connectivity index (χ2n) is 7.93. The zero-order chi connectivity index (χ0) is 30.6. The molecule has 0 aliphatic carbocycles. The van der Waals surface area contributed by atoms with Gasteiger partial charge in [0, 0.05) is 19.3 Å². The third-order valence-electron chi connectivity index (χ3n) is 4.87. The Bertz CT molecular complexity index is 1190. The van der Waals surface area contributed by atoms with Crippen LogP contribution in [0.25, 0.3) is 0 Å². The van der Waals surface area contributed by atoms with Crippen LogP contribution in [0.1, 0.15) is 42.6 Å². The number of carboxylic acid groups (broad SMARTS) is 4. The Morgan fingerprint density at radius 1 is 0.900 bits per heavy atom. The summed E-state index contributed by atoms with van der Waals surface area (Å²) in [6, 6.07) is -3.05. The van der Waals surface area contributed by atoms with E-state index in [1.54, 1.807) is 5.09 Å². The Labute approximate surface area is 229 Å². The average Bonchev–Trinajstić information content (AvgIpc) is 2.84. The maximum Gasteiger partial charge on any atom is 0.403 e. The van der Waals surface area contributed by atoms with Crippen LogP contribution in [0.2, 0.25) is 5.02 Å². The number of carbonyl (C=O) groups excluding carboxylic acids is 2. The third-order valence-corrected chi connectivity index (χ3v) is 6.32. The molecule has 0 aromatic carbocycles. The molecule has 40 heavy (non-hydrogen) atoms. The molecule has 0 aliphatic rings. The molecule has 8 N–H and O–H groups in total. The summed E-state index contributed by atoms with van der Waals surface area (Å²) in [5.41, 5.74) is -0.490. The molecule has 0 aliphatic heterocycles. The van der Waals surface area contributed by atoms with Gasteiger partial charge in [-0.3, -0.25) is 23.7 Å². The summed E-state index contributed by atoms with van der Waals surface area (Å²) in [5, 5.41) is 41.7. The van der Waals surface area contributed by atoms with Gasteiger partial charge in [-0.25, -0.2) is 24.2 Å². The van der Waals surface area contributed by atoms with E-state index < -0.39 is 112 Å². The number of hydrogen-bond donors (Lipinski definition) is 8. The van der Waals surface area contributed by atoms with E-state index in [1.807, 2.05) is 10.6 Å². The van der Waals surface area contributed by atoms with E-state index in [0.29, 0.717) is 0 Å². The van der Waals surface area contributed by atoms with Crippen LogP contribution in [-0.2, 0) is 33.1 Å². The minimum Gasteiger partial charge on any atom is -0.481 e. The standard InChI is InChI=1S/C20H25ClFN4O13P/c21-9-1-2-10(24-16(9)22)17(30)25-11(18(31)32)3-5-14(27)23-12(19(33)34)7-8-39-40(37,38)26-13(20(35)36)4-6-15(28)29/h1-2,11-13H,3-8H2,(H,23,27)(H,25,30)(H,28,29)(H,31,32)(H,33,34)(H,35,36)(H2,26,37,38)/t11-,12?,13?/m0/s1/i22-1. The highest BCUT2D eigenvalue weighted by Crippen LogP contribution is 2.38. The molecule has 222 valence electrons. The smallest absolute Gasteiger partial charge is 0.403 e. The minimum atomic E-state index is -4.84. The van der Waals surface area contributed by atoms with Crippen molar-refractivity contribution in [1.82, 2.24) is 20.7 Å². The van der Waals surface area contributed by atoms with Crippen molar-refractivity contribution in [3.63, 3.8) is 0 Å². The molecule has 1 aromatic heterocycles. The number of hydrogen-bond acceptors (Lipinski definition) is 9. The molecular weight excluding hydrogens is 589 g/mol. The summed E-state index contributed by atoms with van der Waals surface area (Å²) in [6.45, 7) is -0.776. The molecular formula is C20H25ClFN4O13P. The molecule has 3 unspecified atom stereocenters. The highest BCUT2D eigenvalue weighted by atomic mass is 35.5. The predicted octanol–water partition coefficient (Wildman–Crippen LogP) is -0.179. The summed E-state index contributed by atoms with van der Waals surface area (Å²) >= 11 is 5.47. The number of aromatic nitrogens is 1. The Hall–Kier alpha value is -3.70. The predicted molar refractivity (Wildman–Crippen MR) is 129 cm³/mol. The van der Waals surface area contributed by atoms with Crippen molar-refractivity contribution in [1.29, 1.82) is 0 Å². The lowest BCUT2D eigenvalue weighted by atomic mass is 10.1. The van der Waals surface area contributed by atoms with Crippen LogP contribution in [0.4, 0.5) is 4.39 Å². The minimum absolute atomic E-state index is 0.375. The molecule has 1 heterocycles. The van der Waals surface area contributed by atoms with Gasteiger partial charge in [0.25, 0.3) is 5.91 Å². The van der Waals surface area contributed by atoms with Crippen molar-refractivity contribution < 1.29 is 67.6 Å². The highest BCUT2D eigenvalue weighted by molar-refractivity contribution is 7.50. The van der Waals surface area contributed by atoms with Crippen molar-refractivity contribution in [3.8, 4) is 0 Å². The topological polar surface area (TPSA) is 279 Å². The van der Waals surface area contributed by atoms with Crippen molar-refractivity contribution in [2.45, 2.75) is 50.2 Å². The first-order valence-electron chi connectivity index (χ1n) is 11.1. The second-order valence-corrected chi connectivity index (χ2v) is 9.89. The van der Waals surface area contributed by atoms with Crippen LogP contribution < -0.4 is 15.7 Å². The van der Waals surface area contributed by atoms with Gasteiger partial charge < -0.3 is 36.0 Å². The van der Waals surface area contributed by atoms with Crippen LogP contribution in [0.15, 0.2) is 12.1 Å². The Balaban J connectivity index is 2.65. The summed E-state index contributed by atoms with van der Waals surface area (Å²) in [6.07, 6.45) is -2.91. The van der Waals surface area contributed by atoms with E-state index in [-0.39, 0.29) is 5.02 Å². The van der Waals surface area contributed by atoms with Crippen molar-refractivity contribution in [3.05, 3.63) is 28.8 Å². The lowest BCUT2D eigenvalue weighted by Gasteiger charge is -2.20. The lowest BCUT2D eigenvalue weighted by Crippen LogP contribution is -2.44. The molecule has 1 aromatic rings. The van der Waals surface area contributed by atoms with Gasteiger partial charge in [-0.05, 0) is 25.0 Å². The summed E-state index contributed by atoms with van der Waals surface area (Å²) in [7, 11) is -4.84. The van der Waals surface area contributed by atoms with Crippen molar-refractivity contribution in [2.24, 2.45) is 0 Å².